The lowest BCUT2D eigenvalue weighted by Crippen LogP contribution is -2.37. The fourth-order valence-electron chi connectivity index (χ4n) is 3.01. The van der Waals surface area contributed by atoms with Crippen LogP contribution in [0.15, 0.2) is 41.4 Å². The molecule has 1 N–H and O–H groups in total. The SMILES string of the molecule is CCN1CC(NS(=O)(=O)c2ccc(-c3ccc(OC)nc3)cc2Cl)CC1=O. The smallest absolute Gasteiger partial charge is 0.242 e. The van der Waals surface area contributed by atoms with Crippen molar-refractivity contribution in [3.05, 3.63) is 41.6 Å². The van der Waals surface area contributed by atoms with Crippen molar-refractivity contribution in [1.29, 1.82) is 0 Å². The maximum absolute atomic E-state index is 12.7. The highest BCUT2D eigenvalue weighted by Gasteiger charge is 2.32. The minimum absolute atomic E-state index is 0.0169. The van der Waals surface area contributed by atoms with Gasteiger partial charge in [-0.3, -0.25) is 4.79 Å². The van der Waals surface area contributed by atoms with Gasteiger partial charge in [0, 0.05) is 43.4 Å². The van der Waals surface area contributed by atoms with Gasteiger partial charge in [0.1, 0.15) is 4.90 Å². The van der Waals surface area contributed by atoms with Gasteiger partial charge in [0.15, 0.2) is 0 Å². The third-order valence-electron chi connectivity index (χ3n) is 4.42. The normalized spacial score (nSPS) is 17.4. The number of likely N-dealkylation sites (N-methyl/N-ethyl adjacent to an activating group) is 1. The van der Waals surface area contributed by atoms with Gasteiger partial charge in [-0.1, -0.05) is 17.7 Å². The number of nitrogens with one attached hydrogen (secondary N) is 1. The molecule has 2 aromatic rings. The Hall–Kier alpha value is -2.16. The molecule has 1 aromatic carbocycles. The number of benzene rings is 1. The summed E-state index contributed by atoms with van der Waals surface area (Å²) in [6.07, 6.45) is 1.78. The van der Waals surface area contributed by atoms with Crippen LogP contribution in [0.1, 0.15) is 13.3 Å². The number of amides is 1. The molecule has 1 atom stereocenters. The maximum Gasteiger partial charge on any atom is 0.242 e. The van der Waals surface area contributed by atoms with Crippen molar-refractivity contribution in [2.75, 3.05) is 20.2 Å². The molecule has 27 heavy (non-hydrogen) atoms. The summed E-state index contributed by atoms with van der Waals surface area (Å²) in [6, 6.07) is 7.78. The summed E-state index contributed by atoms with van der Waals surface area (Å²) < 4.78 is 33.0. The second kappa shape index (κ2) is 7.84. The monoisotopic (exact) mass is 409 g/mol. The minimum atomic E-state index is -3.84. The predicted molar refractivity (Wildman–Crippen MR) is 102 cm³/mol. The second-order valence-corrected chi connectivity index (χ2v) is 8.28. The van der Waals surface area contributed by atoms with Gasteiger partial charge in [-0.15, -0.1) is 0 Å². The number of likely N-dealkylation sites (tertiary alicyclic amines) is 1. The number of aromatic nitrogens is 1. The Morgan fingerprint density at radius 2 is 2.04 bits per heavy atom. The van der Waals surface area contributed by atoms with E-state index in [1.807, 2.05) is 13.0 Å². The Morgan fingerprint density at radius 1 is 1.30 bits per heavy atom. The zero-order valence-corrected chi connectivity index (χ0v) is 16.5. The molecule has 0 aliphatic carbocycles. The van der Waals surface area contributed by atoms with Gasteiger partial charge >= 0.3 is 0 Å². The topological polar surface area (TPSA) is 88.6 Å². The molecule has 1 aliphatic heterocycles. The number of carbonyl (C=O) groups excluding carboxylic acids is 1. The van der Waals surface area contributed by atoms with E-state index in [4.69, 9.17) is 16.3 Å². The number of ether oxygens (including phenoxy) is 1. The van der Waals surface area contributed by atoms with E-state index in [0.29, 0.717) is 19.0 Å². The van der Waals surface area contributed by atoms with Gasteiger partial charge < -0.3 is 9.64 Å². The lowest BCUT2D eigenvalue weighted by atomic mass is 10.1. The highest BCUT2D eigenvalue weighted by atomic mass is 35.5. The molecule has 9 heteroatoms. The number of carbonyl (C=O) groups is 1. The summed E-state index contributed by atoms with van der Waals surface area (Å²) >= 11 is 6.25. The molecule has 0 spiro atoms. The van der Waals surface area contributed by atoms with E-state index in [-0.39, 0.29) is 22.2 Å². The fraction of sp³-hybridized carbons (Fsp3) is 0.333. The highest BCUT2D eigenvalue weighted by Crippen LogP contribution is 2.29. The molecule has 2 heterocycles. The number of hydrogen-bond acceptors (Lipinski definition) is 5. The van der Waals surface area contributed by atoms with E-state index in [1.54, 1.807) is 29.3 Å². The van der Waals surface area contributed by atoms with Gasteiger partial charge in [0.2, 0.25) is 21.8 Å². The van der Waals surface area contributed by atoms with Crippen LogP contribution in [0.3, 0.4) is 0 Å². The van der Waals surface area contributed by atoms with Crippen LogP contribution in [-0.4, -0.2) is 50.5 Å². The summed E-state index contributed by atoms with van der Waals surface area (Å²) in [5.74, 6) is 0.430. The first kappa shape index (κ1) is 19.6. The van der Waals surface area contributed by atoms with Crippen molar-refractivity contribution < 1.29 is 17.9 Å². The van der Waals surface area contributed by atoms with E-state index >= 15 is 0 Å². The van der Waals surface area contributed by atoms with Crippen molar-refractivity contribution in [1.82, 2.24) is 14.6 Å². The molecule has 1 unspecified atom stereocenters. The van der Waals surface area contributed by atoms with E-state index in [1.165, 1.54) is 13.2 Å². The summed E-state index contributed by atoms with van der Waals surface area (Å²) in [6.45, 7) is 2.78. The van der Waals surface area contributed by atoms with E-state index in [9.17, 15) is 13.2 Å². The first-order valence-corrected chi connectivity index (χ1v) is 10.3. The zero-order valence-electron chi connectivity index (χ0n) is 15.0. The third kappa shape index (κ3) is 4.23. The molecular formula is C18H20ClN3O4S. The largest absolute Gasteiger partial charge is 0.481 e. The van der Waals surface area contributed by atoms with Crippen LogP contribution >= 0.6 is 11.6 Å². The zero-order chi connectivity index (χ0) is 19.6. The Balaban J connectivity index is 1.81. The Bertz CT molecular complexity index is 948. The molecule has 1 amide bonds. The van der Waals surface area contributed by atoms with Crippen molar-refractivity contribution in [3.63, 3.8) is 0 Å². The average molecular weight is 410 g/mol. The molecule has 0 bridgehead atoms. The molecule has 1 fully saturated rings. The van der Waals surface area contributed by atoms with Gasteiger partial charge in [-0.2, -0.15) is 0 Å². The minimum Gasteiger partial charge on any atom is -0.481 e. The molecule has 7 nitrogen and oxygen atoms in total. The van der Waals surface area contributed by atoms with Crippen molar-refractivity contribution in [2.45, 2.75) is 24.3 Å². The quantitative estimate of drug-likeness (QED) is 0.790. The average Bonchev–Trinajstić information content (AvgIpc) is 3.00. The predicted octanol–water partition coefficient (Wildman–Crippen LogP) is 2.31. The molecule has 0 radical (unpaired) electrons. The first-order valence-electron chi connectivity index (χ1n) is 8.44. The number of halogens is 1. The number of methoxy groups -OCH3 is 1. The van der Waals surface area contributed by atoms with Gasteiger partial charge in [0.25, 0.3) is 0 Å². The number of sulfonamides is 1. The molecule has 1 aromatic heterocycles. The van der Waals surface area contributed by atoms with E-state index < -0.39 is 16.1 Å². The van der Waals surface area contributed by atoms with Crippen LogP contribution in [0, 0.1) is 0 Å². The molecule has 3 rings (SSSR count). The van der Waals surface area contributed by atoms with Crippen LogP contribution in [-0.2, 0) is 14.8 Å². The Kier molecular flexibility index (Phi) is 5.69. The second-order valence-electron chi connectivity index (χ2n) is 6.19. The van der Waals surface area contributed by atoms with Gasteiger partial charge in [0.05, 0.1) is 12.1 Å². The van der Waals surface area contributed by atoms with Gasteiger partial charge in [-0.05, 0) is 30.7 Å². The number of pyridine rings is 1. The Labute approximate surface area is 163 Å². The Morgan fingerprint density at radius 3 is 2.59 bits per heavy atom. The fourth-order valence-corrected chi connectivity index (χ4v) is 4.78. The number of hydrogen-bond donors (Lipinski definition) is 1. The van der Waals surface area contributed by atoms with Gasteiger partial charge in [-0.25, -0.2) is 18.1 Å². The number of nitrogens with zero attached hydrogens (tertiary/aromatic N) is 2. The standard InChI is InChI=1S/C18H20ClN3O4S/c1-3-22-11-14(9-18(22)23)21-27(24,25)16-6-4-12(8-15(16)19)13-5-7-17(26-2)20-10-13/h4-8,10,14,21H,3,9,11H2,1-2H3. The van der Waals surface area contributed by atoms with Crippen molar-refractivity contribution in [3.8, 4) is 17.0 Å². The molecule has 144 valence electrons. The van der Waals surface area contributed by atoms with Crippen LogP contribution in [0.2, 0.25) is 5.02 Å². The molecular weight excluding hydrogens is 390 g/mol. The summed E-state index contributed by atoms with van der Waals surface area (Å²) in [5, 5.41) is 0.104. The van der Waals surface area contributed by atoms with Crippen molar-refractivity contribution >= 4 is 27.5 Å². The van der Waals surface area contributed by atoms with Crippen LogP contribution in [0.5, 0.6) is 5.88 Å². The lowest BCUT2D eigenvalue weighted by Gasteiger charge is -2.15. The lowest BCUT2D eigenvalue weighted by molar-refractivity contribution is -0.127. The van der Waals surface area contributed by atoms with Crippen LogP contribution in [0.25, 0.3) is 11.1 Å². The van der Waals surface area contributed by atoms with E-state index in [0.717, 1.165) is 11.1 Å². The maximum atomic E-state index is 12.7. The molecule has 0 saturated carbocycles. The highest BCUT2D eigenvalue weighted by molar-refractivity contribution is 7.89. The molecule has 1 saturated heterocycles. The summed E-state index contributed by atoms with van der Waals surface area (Å²) in [7, 11) is -2.30. The van der Waals surface area contributed by atoms with Crippen LogP contribution < -0.4 is 9.46 Å². The molecule has 1 aliphatic rings. The third-order valence-corrected chi connectivity index (χ3v) is 6.42. The number of rotatable bonds is 6. The summed E-state index contributed by atoms with van der Waals surface area (Å²) in [5.41, 5.74) is 1.52. The van der Waals surface area contributed by atoms with Crippen molar-refractivity contribution in [2.24, 2.45) is 0 Å². The summed E-state index contributed by atoms with van der Waals surface area (Å²) in [4.78, 5) is 17.5. The first-order chi connectivity index (χ1) is 12.8. The van der Waals surface area contributed by atoms with E-state index in [2.05, 4.69) is 9.71 Å². The van der Waals surface area contributed by atoms with Crippen LogP contribution in [0.4, 0.5) is 0 Å².